The lowest BCUT2D eigenvalue weighted by Crippen LogP contribution is -2.25. The van der Waals surface area contributed by atoms with Crippen LogP contribution in [0, 0.1) is 13.8 Å². The van der Waals surface area contributed by atoms with Crippen LogP contribution in [-0.4, -0.2) is 41.1 Å². The number of likely N-dealkylation sites (tertiary alicyclic amines) is 1. The summed E-state index contributed by atoms with van der Waals surface area (Å²) in [5.41, 5.74) is 3.29. The minimum atomic E-state index is -0.230. The van der Waals surface area contributed by atoms with Crippen molar-refractivity contribution in [1.82, 2.24) is 14.9 Å². The van der Waals surface area contributed by atoms with Crippen molar-refractivity contribution in [2.45, 2.75) is 26.7 Å². The van der Waals surface area contributed by atoms with Crippen LogP contribution in [0.5, 0.6) is 5.75 Å². The highest BCUT2D eigenvalue weighted by atomic mass is 35.5. The Kier molecular flexibility index (Phi) is 5.38. The maximum Gasteiger partial charge on any atom is 0.260 e. The summed E-state index contributed by atoms with van der Waals surface area (Å²) in [6.07, 6.45) is 2.57. The van der Waals surface area contributed by atoms with E-state index in [1.807, 2.05) is 26.0 Å². The monoisotopic (exact) mass is 397 g/mol. The molecule has 5 nitrogen and oxygen atoms in total. The average Bonchev–Trinajstić information content (AvgIpc) is 3.17. The first-order valence-corrected chi connectivity index (χ1v) is 10.1. The van der Waals surface area contributed by atoms with Gasteiger partial charge in [-0.1, -0.05) is 17.7 Å². The van der Waals surface area contributed by atoms with Gasteiger partial charge in [0, 0.05) is 12.1 Å². The van der Waals surface area contributed by atoms with Crippen LogP contribution in [0.2, 0.25) is 5.02 Å². The van der Waals surface area contributed by atoms with Crippen molar-refractivity contribution >= 4 is 22.5 Å². The summed E-state index contributed by atoms with van der Waals surface area (Å²) >= 11 is 6.15. The number of benzene rings is 2. The van der Waals surface area contributed by atoms with E-state index in [-0.39, 0.29) is 5.56 Å². The van der Waals surface area contributed by atoms with Gasteiger partial charge in [0.15, 0.2) is 0 Å². The lowest BCUT2D eigenvalue weighted by molar-refractivity contribution is 0.236. The fourth-order valence-electron chi connectivity index (χ4n) is 3.88. The van der Waals surface area contributed by atoms with E-state index in [0.29, 0.717) is 28.4 Å². The summed E-state index contributed by atoms with van der Waals surface area (Å²) in [5, 5.41) is 0.829. The normalized spacial score (nSPS) is 14.7. The van der Waals surface area contributed by atoms with Crippen LogP contribution in [0.1, 0.15) is 24.0 Å². The third kappa shape index (κ3) is 3.77. The van der Waals surface area contributed by atoms with Crippen molar-refractivity contribution in [2.75, 3.05) is 26.2 Å². The number of aryl methyl sites for hydroxylation is 2. The Morgan fingerprint density at radius 2 is 1.89 bits per heavy atom. The highest BCUT2D eigenvalue weighted by Crippen LogP contribution is 2.29. The minimum Gasteiger partial charge on any atom is -0.492 e. The summed E-state index contributed by atoms with van der Waals surface area (Å²) in [4.78, 5) is 22.4. The summed E-state index contributed by atoms with van der Waals surface area (Å²) in [6, 6.07) is 9.31. The second kappa shape index (κ2) is 7.94. The van der Waals surface area contributed by atoms with E-state index in [0.717, 1.165) is 29.0 Å². The zero-order valence-electron chi connectivity index (χ0n) is 16.2. The van der Waals surface area contributed by atoms with Crippen LogP contribution in [0.3, 0.4) is 0 Å². The van der Waals surface area contributed by atoms with Gasteiger partial charge in [0.2, 0.25) is 0 Å². The number of ether oxygens (including phenoxy) is 1. The van der Waals surface area contributed by atoms with Gasteiger partial charge in [-0.25, -0.2) is 4.98 Å². The molecule has 146 valence electrons. The number of fused-ring (bicyclic) bond motifs is 1. The lowest BCUT2D eigenvalue weighted by Gasteiger charge is -2.18. The standard InChI is InChI=1S/C22H24ClN3O2/c1-14-12-16(13-15(2)20(14)28-11-10-26-8-3-4-9-26)21-24-18-7-5-6-17(23)19(18)22(27)25-21/h5-7,12-13H,3-4,8-11H2,1-2H3,(H,24,25,27). The highest BCUT2D eigenvalue weighted by Gasteiger charge is 2.14. The highest BCUT2D eigenvalue weighted by molar-refractivity contribution is 6.35. The van der Waals surface area contributed by atoms with E-state index in [2.05, 4.69) is 14.9 Å². The lowest BCUT2D eigenvalue weighted by atomic mass is 10.0. The Morgan fingerprint density at radius 1 is 1.18 bits per heavy atom. The van der Waals surface area contributed by atoms with Crippen LogP contribution < -0.4 is 10.3 Å². The SMILES string of the molecule is Cc1cc(-c2nc3cccc(Cl)c3c(=O)[nH]2)cc(C)c1OCCN1CCCC1. The predicted octanol–water partition coefficient (Wildman–Crippen LogP) is 4.33. The summed E-state index contributed by atoms with van der Waals surface area (Å²) in [7, 11) is 0. The van der Waals surface area contributed by atoms with Gasteiger partial charge < -0.3 is 9.72 Å². The van der Waals surface area contributed by atoms with E-state index in [4.69, 9.17) is 16.3 Å². The molecule has 0 atom stereocenters. The molecule has 0 unspecified atom stereocenters. The van der Waals surface area contributed by atoms with Gasteiger partial charge in [-0.2, -0.15) is 0 Å². The van der Waals surface area contributed by atoms with Crippen molar-refractivity contribution in [3.05, 3.63) is 56.8 Å². The molecule has 3 aromatic rings. The molecule has 0 spiro atoms. The third-order valence-electron chi connectivity index (χ3n) is 5.27. The van der Waals surface area contributed by atoms with E-state index in [1.54, 1.807) is 18.2 Å². The molecule has 1 N–H and O–H groups in total. The molecule has 0 aliphatic carbocycles. The molecule has 1 aliphatic heterocycles. The van der Waals surface area contributed by atoms with Crippen LogP contribution in [0.4, 0.5) is 0 Å². The molecule has 1 aliphatic rings. The quantitative estimate of drug-likeness (QED) is 0.696. The fourth-order valence-corrected chi connectivity index (χ4v) is 4.14. The second-order valence-corrected chi connectivity index (χ2v) is 7.79. The molecule has 28 heavy (non-hydrogen) atoms. The Bertz CT molecular complexity index is 1050. The molecule has 0 saturated carbocycles. The average molecular weight is 398 g/mol. The Hall–Kier alpha value is -2.37. The molecule has 1 aromatic heterocycles. The van der Waals surface area contributed by atoms with Crippen molar-refractivity contribution in [2.24, 2.45) is 0 Å². The van der Waals surface area contributed by atoms with Crippen molar-refractivity contribution in [3.63, 3.8) is 0 Å². The van der Waals surface area contributed by atoms with Crippen LogP contribution in [0.15, 0.2) is 35.1 Å². The number of hydrogen-bond acceptors (Lipinski definition) is 4. The molecule has 1 saturated heterocycles. The smallest absolute Gasteiger partial charge is 0.260 e. The molecule has 2 heterocycles. The summed E-state index contributed by atoms with van der Waals surface area (Å²) < 4.78 is 6.08. The molecule has 0 bridgehead atoms. The molecule has 1 fully saturated rings. The van der Waals surface area contributed by atoms with E-state index in [9.17, 15) is 4.79 Å². The van der Waals surface area contributed by atoms with E-state index < -0.39 is 0 Å². The number of nitrogens with one attached hydrogen (secondary N) is 1. The number of halogens is 1. The number of H-pyrrole nitrogens is 1. The number of aromatic nitrogens is 2. The van der Waals surface area contributed by atoms with Crippen LogP contribution in [-0.2, 0) is 0 Å². The molecule has 0 amide bonds. The van der Waals surface area contributed by atoms with Gasteiger partial charge in [0.05, 0.1) is 15.9 Å². The van der Waals surface area contributed by atoms with Gasteiger partial charge in [-0.05, 0) is 75.2 Å². The first-order chi connectivity index (χ1) is 13.5. The second-order valence-electron chi connectivity index (χ2n) is 7.38. The molecule has 0 radical (unpaired) electrons. The Labute approximate surface area is 169 Å². The minimum absolute atomic E-state index is 0.230. The molecule has 4 rings (SSSR count). The first-order valence-electron chi connectivity index (χ1n) is 9.68. The van der Waals surface area contributed by atoms with Crippen LogP contribution >= 0.6 is 11.6 Å². The van der Waals surface area contributed by atoms with E-state index >= 15 is 0 Å². The third-order valence-corrected chi connectivity index (χ3v) is 5.58. The maximum absolute atomic E-state index is 12.5. The van der Waals surface area contributed by atoms with Crippen molar-refractivity contribution < 1.29 is 4.74 Å². The van der Waals surface area contributed by atoms with Crippen molar-refractivity contribution in [3.8, 4) is 17.1 Å². The zero-order valence-corrected chi connectivity index (χ0v) is 17.0. The summed E-state index contributed by atoms with van der Waals surface area (Å²) in [5.74, 6) is 1.45. The fraction of sp³-hybridized carbons (Fsp3) is 0.364. The Balaban J connectivity index is 1.60. The van der Waals surface area contributed by atoms with E-state index in [1.165, 1.54) is 25.9 Å². The predicted molar refractivity (Wildman–Crippen MR) is 113 cm³/mol. The largest absolute Gasteiger partial charge is 0.492 e. The molecular formula is C22H24ClN3O2. The number of aromatic amines is 1. The molecular weight excluding hydrogens is 374 g/mol. The Morgan fingerprint density at radius 3 is 2.61 bits per heavy atom. The van der Waals surface area contributed by atoms with Gasteiger partial charge >= 0.3 is 0 Å². The number of nitrogens with zero attached hydrogens (tertiary/aromatic N) is 2. The first kappa shape index (κ1) is 19.0. The van der Waals surface area contributed by atoms with Gasteiger partial charge in [0.1, 0.15) is 18.2 Å². The maximum atomic E-state index is 12.5. The van der Waals surface area contributed by atoms with Crippen LogP contribution in [0.25, 0.3) is 22.3 Å². The molecule has 2 aromatic carbocycles. The van der Waals surface area contributed by atoms with Gasteiger partial charge in [-0.3, -0.25) is 9.69 Å². The molecule has 6 heteroatoms. The number of rotatable bonds is 5. The zero-order chi connectivity index (χ0) is 19.7. The van der Waals surface area contributed by atoms with Crippen molar-refractivity contribution in [1.29, 1.82) is 0 Å². The summed E-state index contributed by atoms with van der Waals surface area (Å²) in [6.45, 7) is 8.04. The van der Waals surface area contributed by atoms with Gasteiger partial charge in [0.25, 0.3) is 5.56 Å². The van der Waals surface area contributed by atoms with Gasteiger partial charge in [-0.15, -0.1) is 0 Å². The number of hydrogen-bond donors (Lipinski definition) is 1. The topological polar surface area (TPSA) is 58.2 Å².